The largest absolute Gasteiger partial charge is 0.508 e. The summed E-state index contributed by atoms with van der Waals surface area (Å²) in [7, 11) is 0. The van der Waals surface area contributed by atoms with Crippen LogP contribution < -0.4 is 11.5 Å². The Kier molecular flexibility index (Phi) is 8.08. The molecule has 0 unspecified atom stereocenters. The molecule has 0 amide bonds. The molecule has 8 nitrogen and oxygen atoms in total. The number of esters is 2. The van der Waals surface area contributed by atoms with Crippen LogP contribution in [0.2, 0.25) is 0 Å². The van der Waals surface area contributed by atoms with E-state index < -0.39 is 17.4 Å². The molecule has 0 saturated heterocycles. The van der Waals surface area contributed by atoms with E-state index in [9.17, 15) is 14.7 Å². The van der Waals surface area contributed by atoms with Crippen LogP contribution in [0.4, 0.5) is 0 Å². The molecule has 150 valence electrons. The van der Waals surface area contributed by atoms with Crippen LogP contribution in [0, 0.1) is 11.8 Å². The van der Waals surface area contributed by atoms with Gasteiger partial charge in [-0.15, -0.1) is 0 Å². The summed E-state index contributed by atoms with van der Waals surface area (Å²) in [6, 6.07) is 5.63. The van der Waals surface area contributed by atoms with Gasteiger partial charge in [0.2, 0.25) is 5.41 Å². The van der Waals surface area contributed by atoms with Crippen LogP contribution in [0.3, 0.4) is 0 Å². The summed E-state index contributed by atoms with van der Waals surface area (Å²) in [5, 5.41) is 9.57. The second-order valence-electron chi connectivity index (χ2n) is 7.18. The standard InChI is InChI=1S/C19H29N3O5/c1-12(2)9-26-16(24)19(11-22-18(20)21,17(25)27-10-13(3)4)14-5-7-15(23)8-6-14/h5-8,12-13,23H,9-11H2,1-4H3,(H4,20,21,22). The number of phenolic OH excluding ortho intramolecular Hbond substituents is 1. The van der Waals surface area contributed by atoms with Crippen molar-refractivity contribution in [3.8, 4) is 5.75 Å². The molecular weight excluding hydrogens is 350 g/mol. The number of hydrogen-bond donors (Lipinski definition) is 3. The van der Waals surface area contributed by atoms with Gasteiger partial charge in [0.15, 0.2) is 5.96 Å². The number of hydrogen-bond acceptors (Lipinski definition) is 6. The third-order valence-electron chi connectivity index (χ3n) is 3.65. The van der Waals surface area contributed by atoms with E-state index in [4.69, 9.17) is 20.9 Å². The minimum absolute atomic E-state index is 0.0133. The van der Waals surface area contributed by atoms with Gasteiger partial charge in [0.25, 0.3) is 0 Å². The fourth-order valence-corrected chi connectivity index (χ4v) is 2.23. The molecular formula is C19H29N3O5. The maximum absolute atomic E-state index is 13.0. The molecule has 0 aliphatic rings. The van der Waals surface area contributed by atoms with Crippen LogP contribution in [-0.2, 0) is 24.5 Å². The summed E-state index contributed by atoms with van der Waals surface area (Å²) >= 11 is 0. The lowest BCUT2D eigenvalue weighted by Crippen LogP contribution is -2.50. The van der Waals surface area contributed by atoms with Crippen LogP contribution in [-0.4, -0.2) is 42.8 Å². The zero-order valence-corrected chi connectivity index (χ0v) is 16.3. The van der Waals surface area contributed by atoms with Crippen molar-refractivity contribution < 1.29 is 24.2 Å². The normalized spacial score (nSPS) is 11.3. The Balaban J connectivity index is 3.44. The van der Waals surface area contributed by atoms with Gasteiger partial charge in [-0.2, -0.15) is 0 Å². The molecule has 5 N–H and O–H groups in total. The third kappa shape index (κ3) is 6.16. The van der Waals surface area contributed by atoms with E-state index in [-0.39, 0.29) is 48.9 Å². The summed E-state index contributed by atoms with van der Waals surface area (Å²) in [5.41, 5.74) is 9.26. The Morgan fingerprint density at radius 1 is 1.00 bits per heavy atom. The van der Waals surface area contributed by atoms with Crippen molar-refractivity contribution in [1.29, 1.82) is 0 Å². The predicted molar refractivity (Wildman–Crippen MR) is 102 cm³/mol. The van der Waals surface area contributed by atoms with Crippen molar-refractivity contribution in [1.82, 2.24) is 0 Å². The topological polar surface area (TPSA) is 137 Å². The number of nitrogens with zero attached hydrogens (tertiary/aromatic N) is 1. The molecule has 0 spiro atoms. The molecule has 0 saturated carbocycles. The molecule has 0 bridgehead atoms. The lowest BCUT2D eigenvalue weighted by atomic mass is 9.80. The Labute approximate surface area is 159 Å². The van der Waals surface area contributed by atoms with E-state index in [1.165, 1.54) is 24.3 Å². The summed E-state index contributed by atoms with van der Waals surface area (Å²) in [6.07, 6.45) is 0. The van der Waals surface area contributed by atoms with Gasteiger partial charge < -0.3 is 26.0 Å². The van der Waals surface area contributed by atoms with E-state index in [1.54, 1.807) is 0 Å². The smallest absolute Gasteiger partial charge is 0.330 e. The van der Waals surface area contributed by atoms with Crippen LogP contribution in [0.5, 0.6) is 5.75 Å². The Hall–Kier alpha value is -2.77. The highest BCUT2D eigenvalue weighted by Gasteiger charge is 2.51. The summed E-state index contributed by atoms with van der Waals surface area (Å²) < 4.78 is 10.7. The van der Waals surface area contributed by atoms with Crippen molar-refractivity contribution >= 4 is 17.9 Å². The van der Waals surface area contributed by atoms with Crippen LogP contribution in [0.25, 0.3) is 0 Å². The number of rotatable bonds is 9. The lowest BCUT2D eigenvalue weighted by Gasteiger charge is -2.29. The van der Waals surface area contributed by atoms with Crippen LogP contribution in [0.1, 0.15) is 33.3 Å². The van der Waals surface area contributed by atoms with E-state index >= 15 is 0 Å². The molecule has 1 aromatic rings. The monoisotopic (exact) mass is 379 g/mol. The summed E-state index contributed by atoms with van der Waals surface area (Å²) in [6.45, 7) is 7.39. The third-order valence-corrected chi connectivity index (χ3v) is 3.65. The van der Waals surface area contributed by atoms with Crippen molar-refractivity contribution in [2.24, 2.45) is 28.3 Å². The first-order valence-corrected chi connectivity index (χ1v) is 8.79. The molecule has 0 radical (unpaired) electrons. The maximum atomic E-state index is 13.0. The predicted octanol–water partition coefficient (Wildman–Crippen LogP) is 1.30. The lowest BCUT2D eigenvalue weighted by molar-refractivity contribution is -0.166. The van der Waals surface area contributed by atoms with Crippen LogP contribution in [0.15, 0.2) is 29.3 Å². The number of aromatic hydroxyl groups is 1. The number of carbonyl (C=O) groups is 2. The summed E-state index contributed by atoms with van der Waals surface area (Å²) in [4.78, 5) is 29.9. The molecule has 1 rings (SSSR count). The molecule has 0 fully saturated rings. The van der Waals surface area contributed by atoms with Gasteiger partial charge in [-0.25, -0.2) is 0 Å². The first-order chi connectivity index (χ1) is 12.6. The van der Waals surface area contributed by atoms with Gasteiger partial charge in [0, 0.05) is 0 Å². The average Bonchev–Trinajstić information content (AvgIpc) is 2.59. The minimum atomic E-state index is -1.87. The van der Waals surface area contributed by atoms with E-state index in [0.717, 1.165) is 0 Å². The Bertz CT molecular complexity index is 640. The number of carbonyl (C=O) groups excluding carboxylic acids is 2. The van der Waals surface area contributed by atoms with Gasteiger partial charge >= 0.3 is 11.9 Å². The van der Waals surface area contributed by atoms with Gasteiger partial charge in [-0.05, 0) is 29.5 Å². The number of guanidine groups is 1. The number of benzene rings is 1. The van der Waals surface area contributed by atoms with Gasteiger partial charge in [0.1, 0.15) is 5.75 Å². The highest BCUT2D eigenvalue weighted by atomic mass is 16.6. The van der Waals surface area contributed by atoms with Gasteiger partial charge in [-0.3, -0.25) is 14.6 Å². The van der Waals surface area contributed by atoms with Crippen molar-refractivity contribution in [2.45, 2.75) is 33.1 Å². The number of nitrogens with two attached hydrogens (primary N) is 2. The zero-order valence-electron chi connectivity index (χ0n) is 16.3. The Morgan fingerprint density at radius 3 is 1.81 bits per heavy atom. The number of phenols is 1. The quantitative estimate of drug-likeness (QED) is 0.254. The number of ether oxygens (including phenoxy) is 2. The molecule has 0 aliphatic carbocycles. The minimum Gasteiger partial charge on any atom is -0.508 e. The fourth-order valence-electron chi connectivity index (χ4n) is 2.23. The molecule has 0 atom stereocenters. The van der Waals surface area contributed by atoms with Crippen LogP contribution >= 0.6 is 0 Å². The highest BCUT2D eigenvalue weighted by Crippen LogP contribution is 2.30. The van der Waals surface area contributed by atoms with Gasteiger partial charge in [0.05, 0.1) is 19.8 Å². The average molecular weight is 379 g/mol. The highest BCUT2D eigenvalue weighted by molar-refractivity contribution is 6.07. The molecule has 0 heterocycles. The maximum Gasteiger partial charge on any atom is 0.330 e. The van der Waals surface area contributed by atoms with E-state index in [2.05, 4.69) is 4.99 Å². The molecule has 0 aliphatic heterocycles. The zero-order chi connectivity index (χ0) is 20.6. The molecule has 1 aromatic carbocycles. The number of aliphatic imine (C=N–C) groups is 1. The van der Waals surface area contributed by atoms with Crippen molar-refractivity contribution in [2.75, 3.05) is 19.8 Å². The molecule has 8 heteroatoms. The first kappa shape index (κ1) is 22.3. The first-order valence-electron chi connectivity index (χ1n) is 8.79. The second kappa shape index (κ2) is 9.80. The van der Waals surface area contributed by atoms with E-state index in [1.807, 2.05) is 27.7 Å². The second-order valence-corrected chi connectivity index (χ2v) is 7.18. The molecule has 0 aromatic heterocycles. The van der Waals surface area contributed by atoms with Crippen molar-refractivity contribution in [3.63, 3.8) is 0 Å². The fraction of sp³-hybridized carbons (Fsp3) is 0.526. The molecule has 27 heavy (non-hydrogen) atoms. The summed E-state index contributed by atoms with van der Waals surface area (Å²) in [5.74, 6) is -1.75. The van der Waals surface area contributed by atoms with Crippen molar-refractivity contribution in [3.05, 3.63) is 29.8 Å². The SMILES string of the molecule is CC(C)COC(=O)C(CN=C(N)N)(C(=O)OCC(C)C)c1ccc(O)cc1. The van der Waals surface area contributed by atoms with Gasteiger partial charge in [-0.1, -0.05) is 39.8 Å². The van der Waals surface area contributed by atoms with E-state index in [0.29, 0.717) is 0 Å². The Morgan fingerprint density at radius 2 is 1.44 bits per heavy atom.